The molecule has 4 nitrogen and oxygen atoms in total. The van der Waals surface area contributed by atoms with Crippen molar-refractivity contribution < 1.29 is 9.59 Å². The van der Waals surface area contributed by atoms with Crippen molar-refractivity contribution in [2.45, 2.75) is 6.54 Å². The van der Waals surface area contributed by atoms with E-state index in [0.29, 0.717) is 11.6 Å². The van der Waals surface area contributed by atoms with Crippen molar-refractivity contribution in [3.8, 4) is 0 Å². The lowest BCUT2D eigenvalue weighted by Gasteiger charge is -2.12. The molecule has 0 aliphatic heterocycles. The van der Waals surface area contributed by atoms with E-state index in [-0.39, 0.29) is 16.3 Å². The van der Waals surface area contributed by atoms with Crippen molar-refractivity contribution >= 4 is 41.1 Å². The van der Waals surface area contributed by atoms with Crippen LogP contribution in [-0.2, 0) is 11.3 Å². The first kappa shape index (κ1) is 20.6. The molecule has 3 aromatic carbocycles. The first-order valence-electron chi connectivity index (χ1n) is 8.88. The Morgan fingerprint density at radius 2 is 1.52 bits per heavy atom. The van der Waals surface area contributed by atoms with Crippen LogP contribution in [0.2, 0.25) is 10.0 Å². The maximum atomic E-state index is 12.8. The third-order valence-electron chi connectivity index (χ3n) is 4.08. The molecule has 2 N–H and O–H groups in total. The first-order valence-corrected chi connectivity index (χ1v) is 9.64. The number of amides is 2. The van der Waals surface area contributed by atoms with Crippen LogP contribution in [0.15, 0.2) is 84.6 Å². The Labute approximate surface area is 179 Å². The van der Waals surface area contributed by atoms with Crippen molar-refractivity contribution in [1.29, 1.82) is 0 Å². The van der Waals surface area contributed by atoms with Crippen molar-refractivity contribution in [2.24, 2.45) is 0 Å². The summed E-state index contributed by atoms with van der Waals surface area (Å²) in [5, 5.41) is 6.12. The third kappa shape index (κ3) is 5.95. The zero-order valence-electron chi connectivity index (χ0n) is 15.4. The second-order valence-corrected chi connectivity index (χ2v) is 7.06. The van der Waals surface area contributed by atoms with E-state index in [1.807, 2.05) is 60.7 Å². The fourth-order valence-corrected chi connectivity index (χ4v) is 3.11. The maximum absolute atomic E-state index is 12.8. The molecule has 0 unspecified atom stereocenters. The van der Waals surface area contributed by atoms with Gasteiger partial charge in [0.15, 0.2) is 0 Å². The van der Waals surface area contributed by atoms with Crippen LogP contribution in [0.5, 0.6) is 0 Å². The lowest BCUT2D eigenvalue weighted by molar-refractivity contribution is -0.117. The van der Waals surface area contributed by atoms with Gasteiger partial charge in [0.05, 0.1) is 10.6 Å². The number of benzene rings is 3. The standard InChI is InChI=1S/C23H18Cl2N2O2/c24-18-11-12-19(20(25)14-18)22(28)27-21(13-16-7-3-1-4-8-16)23(29)26-15-17-9-5-2-6-10-17/h1-14H,15H2,(H,26,29)(H,27,28)/b21-13-. The van der Waals surface area contributed by atoms with Crippen LogP contribution >= 0.6 is 23.2 Å². The molecule has 0 saturated carbocycles. The lowest BCUT2D eigenvalue weighted by atomic mass is 10.1. The Morgan fingerprint density at radius 1 is 0.862 bits per heavy atom. The number of nitrogens with one attached hydrogen (secondary N) is 2. The second-order valence-electron chi connectivity index (χ2n) is 6.22. The molecule has 0 spiro atoms. The summed E-state index contributed by atoms with van der Waals surface area (Å²) in [6.45, 7) is 0.337. The quantitative estimate of drug-likeness (QED) is 0.541. The zero-order valence-corrected chi connectivity index (χ0v) is 16.9. The van der Waals surface area contributed by atoms with Crippen LogP contribution in [0.4, 0.5) is 0 Å². The Morgan fingerprint density at radius 3 is 2.17 bits per heavy atom. The van der Waals surface area contributed by atoms with E-state index in [1.165, 1.54) is 12.1 Å². The number of hydrogen-bond acceptors (Lipinski definition) is 2. The molecule has 0 aliphatic carbocycles. The summed E-state index contributed by atoms with van der Waals surface area (Å²) in [4.78, 5) is 25.5. The van der Waals surface area contributed by atoms with E-state index in [2.05, 4.69) is 10.6 Å². The van der Waals surface area contributed by atoms with Crippen molar-refractivity contribution in [3.63, 3.8) is 0 Å². The van der Waals surface area contributed by atoms with Gasteiger partial charge in [-0.3, -0.25) is 9.59 Å². The second kappa shape index (κ2) is 9.92. The molecule has 3 rings (SSSR count). The van der Waals surface area contributed by atoms with Crippen LogP contribution in [0.1, 0.15) is 21.5 Å². The lowest BCUT2D eigenvalue weighted by Crippen LogP contribution is -2.34. The Balaban J connectivity index is 1.82. The van der Waals surface area contributed by atoms with Gasteiger partial charge in [0, 0.05) is 11.6 Å². The topological polar surface area (TPSA) is 58.2 Å². The van der Waals surface area contributed by atoms with Crippen LogP contribution in [0.3, 0.4) is 0 Å². The molecule has 0 heterocycles. The van der Waals surface area contributed by atoms with Gasteiger partial charge in [0.2, 0.25) is 0 Å². The smallest absolute Gasteiger partial charge is 0.268 e. The average Bonchev–Trinajstić information content (AvgIpc) is 2.73. The van der Waals surface area contributed by atoms with E-state index < -0.39 is 11.8 Å². The third-order valence-corrected chi connectivity index (χ3v) is 4.62. The number of carbonyl (C=O) groups is 2. The molecule has 6 heteroatoms. The molecule has 0 bridgehead atoms. The van der Waals surface area contributed by atoms with E-state index in [1.54, 1.807) is 12.1 Å². The highest BCUT2D eigenvalue weighted by Crippen LogP contribution is 2.21. The van der Waals surface area contributed by atoms with Gasteiger partial charge in [0.25, 0.3) is 11.8 Å². The maximum Gasteiger partial charge on any atom is 0.268 e. The number of halogens is 2. The summed E-state index contributed by atoms with van der Waals surface area (Å²) in [5.74, 6) is -0.903. The summed E-state index contributed by atoms with van der Waals surface area (Å²) in [6, 6.07) is 23.3. The highest BCUT2D eigenvalue weighted by atomic mass is 35.5. The van der Waals surface area contributed by atoms with Crippen molar-refractivity contribution in [1.82, 2.24) is 10.6 Å². The largest absolute Gasteiger partial charge is 0.347 e. The molecular weight excluding hydrogens is 407 g/mol. The van der Waals surface area contributed by atoms with Gasteiger partial charge in [-0.2, -0.15) is 0 Å². The molecule has 2 amide bonds. The monoisotopic (exact) mass is 424 g/mol. The highest BCUT2D eigenvalue weighted by Gasteiger charge is 2.17. The van der Waals surface area contributed by atoms with E-state index in [0.717, 1.165) is 11.1 Å². The Kier molecular flexibility index (Phi) is 7.06. The minimum atomic E-state index is -0.497. The van der Waals surface area contributed by atoms with Gasteiger partial charge in [-0.1, -0.05) is 83.9 Å². The minimum absolute atomic E-state index is 0.114. The molecule has 0 fully saturated rings. The molecule has 0 aliphatic rings. The van der Waals surface area contributed by atoms with Crippen LogP contribution < -0.4 is 10.6 Å². The SMILES string of the molecule is O=C(NCc1ccccc1)/C(=C/c1ccccc1)NC(=O)c1ccc(Cl)cc1Cl. The molecule has 3 aromatic rings. The molecule has 29 heavy (non-hydrogen) atoms. The molecular formula is C23H18Cl2N2O2. The summed E-state index contributed by atoms with van der Waals surface area (Å²) < 4.78 is 0. The number of rotatable bonds is 6. The van der Waals surface area contributed by atoms with Gasteiger partial charge >= 0.3 is 0 Å². The van der Waals surface area contributed by atoms with Crippen LogP contribution in [0, 0.1) is 0 Å². The fraction of sp³-hybridized carbons (Fsp3) is 0.0435. The van der Waals surface area contributed by atoms with E-state index in [4.69, 9.17) is 23.2 Å². The van der Waals surface area contributed by atoms with Gasteiger partial charge in [-0.05, 0) is 35.4 Å². The van der Waals surface area contributed by atoms with Crippen molar-refractivity contribution in [3.05, 3.63) is 111 Å². The predicted molar refractivity (Wildman–Crippen MR) is 117 cm³/mol. The van der Waals surface area contributed by atoms with E-state index >= 15 is 0 Å². The minimum Gasteiger partial charge on any atom is -0.347 e. The van der Waals surface area contributed by atoms with Gasteiger partial charge < -0.3 is 10.6 Å². The van der Waals surface area contributed by atoms with Gasteiger partial charge in [-0.25, -0.2) is 0 Å². The molecule has 0 aromatic heterocycles. The molecule has 0 radical (unpaired) electrons. The summed E-state index contributed by atoms with van der Waals surface area (Å²) in [5.41, 5.74) is 2.07. The number of hydrogen-bond donors (Lipinski definition) is 2. The summed E-state index contributed by atoms with van der Waals surface area (Å²) >= 11 is 12.0. The van der Waals surface area contributed by atoms with Crippen LogP contribution in [-0.4, -0.2) is 11.8 Å². The Hall–Kier alpha value is -3.08. The van der Waals surface area contributed by atoms with Gasteiger partial charge in [0.1, 0.15) is 5.70 Å². The van der Waals surface area contributed by atoms with Crippen molar-refractivity contribution in [2.75, 3.05) is 0 Å². The molecule has 0 atom stereocenters. The molecule has 0 saturated heterocycles. The first-order chi connectivity index (χ1) is 14.0. The Bertz CT molecular complexity index is 1040. The number of carbonyl (C=O) groups excluding carboxylic acids is 2. The fourth-order valence-electron chi connectivity index (χ4n) is 2.61. The average molecular weight is 425 g/mol. The van der Waals surface area contributed by atoms with E-state index in [9.17, 15) is 9.59 Å². The predicted octanol–water partition coefficient (Wildman–Crippen LogP) is 5.08. The normalized spacial score (nSPS) is 11.0. The van der Waals surface area contributed by atoms with Gasteiger partial charge in [-0.15, -0.1) is 0 Å². The summed E-state index contributed by atoms with van der Waals surface area (Å²) in [6.07, 6.45) is 1.61. The van der Waals surface area contributed by atoms with Crippen LogP contribution in [0.25, 0.3) is 6.08 Å². The highest BCUT2D eigenvalue weighted by molar-refractivity contribution is 6.36. The summed E-state index contributed by atoms with van der Waals surface area (Å²) in [7, 11) is 0. The molecule has 146 valence electrons. The zero-order chi connectivity index (χ0) is 20.6.